The molecule has 9 nitrogen and oxygen atoms in total. The number of hydrazine groups is 1. The number of hydrogen-bond acceptors (Lipinski definition) is 12. The number of fused-ring (bicyclic) bond motifs is 1. The Bertz CT molecular complexity index is 1100. The topological polar surface area (TPSA) is 121 Å². The Morgan fingerprint density at radius 2 is 2.27 bits per heavy atom. The van der Waals surface area contributed by atoms with Crippen molar-refractivity contribution in [3.8, 4) is 0 Å². The van der Waals surface area contributed by atoms with E-state index in [2.05, 4.69) is 21.5 Å². The molecule has 0 bridgehead atoms. The van der Waals surface area contributed by atoms with Gasteiger partial charge in [0.05, 0.1) is 40.2 Å². The number of thioether (sulfide) groups is 1. The summed E-state index contributed by atoms with van der Waals surface area (Å²) in [5.74, 6) is 6.44. The zero-order valence-electron chi connectivity index (χ0n) is 18.0. The molecule has 1 aromatic carbocycles. The van der Waals surface area contributed by atoms with Crippen molar-refractivity contribution in [2.45, 2.75) is 35.5 Å². The van der Waals surface area contributed by atoms with E-state index in [1.54, 1.807) is 41.8 Å². The molecule has 0 aliphatic carbocycles. The number of methoxy groups -OCH3 is 1. The molecule has 1 aliphatic heterocycles. The van der Waals surface area contributed by atoms with Crippen LogP contribution in [0, 0.1) is 0 Å². The highest BCUT2D eigenvalue weighted by Gasteiger charge is 2.36. The Kier molecular flexibility index (Phi) is 8.43. The number of nitrogens with zero attached hydrogens (tertiary/aromatic N) is 3. The number of hydrogen-bond donors (Lipinski definition) is 3. The lowest BCUT2D eigenvalue weighted by Crippen LogP contribution is -2.53. The summed E-state index contributed by atoms with van der Waals surface area (Å²) in [6, 6.07) is 5.74. The quantitative estimate of drug-likeness (QED) is 0.324. The van der Waals surface area contributed by atoms with Crippen molar-refractivity contribution in [2.24, 2.45) is 11.6 Å². The van der Waals surface area contributed by atoms with Crippen molar-refractivity contribution >= 4 is 62.0 Å². The summed E-state index contributed by atoms with van der Waals surface area (Å²) in [5, 5.41) is 4.17. The van der Waals surface area contributed by atoms with Crippen LogP contribution in [0.15, 0.2) is 40.2 Å². The van der Waals surface area contributed by atoms with E-state index >= 15 is 0 Å². The minimum absolute atomic E-state index is 0.115. The maximum absolute atomic E-state index is 6.44. The van der Waals surface area contributed by atoms with E-state index in [0.717, 1.165) is 15.1 Å². The Labute approximate surface area is 209 Å². The van der Waals surface area contributed by atoms with Crippen LogP contribution in [0.25, 0.3) is 15.9 Å². The summed E-state index contributed by atoms with van der Waals surface area (Å²) in [5.41, 5.74) is 12.0. The van der Waals surface area contributed by atoms with Gasteiger partial charge < -0.3 is 20.2 Å². The van der Waals surface area contributed by atoms with Crippen molar-refractivity contribution in [3.05, 3.63) is 45.5 Å². The molecule has 0 radical (unpaired) electrons. The summed E-state index contributed by atoms with van der Waals surface area (Å²) in [6.45, 7) is 2.75. The largest absolute Gasteiger partial charge is 0.395 e. The summed E-state index contributed by atoms with van der Waals surface area (Å²) in [7, 11) is 1.64. The molecular formula is C20H25ClN6O3S3. The van der Waals surface area contributed by atoms with Gasteiger partial charge in [-0.15, -0.1) is 22.7 Å². The summed E-state index contributed by atoms with van der Waals surface area (Å²) < 4.78 is 13.4. The van der Waals surface area contributed by atoms with Crippen molar-refractivity contribution in [2.75, 3.05) is 20.3 Å². The third-order valence-electron chi connectivity index (χ3n) is 4.96. The van der Waals surface area contributed by atoms with E-state index in [1.165, 1.54) is 16.3 Å². The fourth-order valence-corrected chi connectivity index (χ4v) is 6.24. The molecule has 0 saturated carbocycles. The summed E-state index contributed by atoms with van der Waals surface area (Å²) in [4.78, 5) is 15.3. The second kappa shape index (κ2) is 11.3. The highest BCUT2D eigenvalue weighted by Crippen LogP contribution is 2.34. The zero-order valence-corrected chi connectivity index (χ0v) is 21.2. The van der Waals surface area contributed by atoms with Crippen LogP contribution < -0.4 is 17.1 Å². The molecular weight excluding hydrogens is 504 g/mol. The lowest BCUT2D eigenvalue weighted by atomic mass is 10.1. The van der Waals surface area contributed by atoms with Crippen LogP contribution in [0.4, 0.5) is 0 Å². The number of rotatable bonds is 6. The lowest BCUT2D eigenvalue weighted by Gasteiger charge is -2.36. The maximum Gasteiger partial charge on any atom is 0.142 e. The molecule has 33 heavy (non-hydrogen) atoms. The van der Waals surface area contributed by atoms with Gasteiger partial charge in [-0.25, -0.2) is 15.8 Å². The van der Waals surface area contributed by atoms with Gasteiger partial charge in [0.15, 0.2) is 0 Å². The zero-order chi connectivity index (χ0) is 23.4. The molecule has 1 aliphatic rings. The average Bonchev–Trinajstić information content (AvgIpc) is 3.44. The predicted molar refractivity (Wildman–Crippen MR) is 134 cm³/mol. The van der Waals surface area contributed by atoms with Crippen molar-refractivity contribution in [1.29, 1.82) is 0 Å². The number of nitrogens with one attached hydrogen (secondary N) is 1. The molecule has 13 heteroatoms. The number of hydroxylamine groups is 1. The van der Waals surface area contributed by atoms with Crippen LogP contribution in [0.3, 0.4) is 0 Å². The number of ether oxygens (including phenoxy) is 2. The first kappa shape index (κ1) is 24.6. The maximum atomic E-state index is 6.44. The third kappa shape index (κ3) is 6.15. The van der Waals surface area contributed by atoms with Gasteiger partial charge in [0.2, 0.25) is 0 Å². The molecule has 1 fully saturated rings. The van der Waals surface area contributed by atoms with Crippen LogP contribution in [0.1, 0.15) is 11.9 Å². The Morgan fingerprint density at radius 3 is 3.03 bits per heavy atom. The summed E-state index contributed by atoms with van der Waals surface area (Å²) >= 11 is 10.5. The minimum atomic E-state index is -0.441. The molecule has 178 valence electrons. The highest BCUT2D eigenvalue weighted by molar-refractivity contribution is 7.99. The van der Waals surface area contributed by atoms with Gasteiger partial charge in [-0.2, -0.15) is 5.48 Å². The van der Waals surface area contributed by atoms with Crippen molar-refractivity contribution in [3.63, 3.8) is 0 Å². The van der Waals surface area contributed by atoms with Crippen LogP contribution in [0.2, 0.25) is 5.15 Å². The molecule has 0 amide bonds. The normalized spacial score (nSPS) is 24.9. The average molecular weight is 529 g/mol. The van der Waals surface area contributed by atoms with Crippen molar-refractivity contribution < 1.29 is 14.3 Å². The first-order chi connectivity index (χ1) is 15.9. The SMILES string of the molecule is COC1C(Sc2ccc3ncsc3c2)OC(C)CNOC[C@H]1N(N)/C=C(\N)c1nc(Cl)cs1. The Balaban J connectivity index is 1.60. The van der Waals surface area contributed by atoms with Crippen LogP contribution in [-0.4, -0.2) is 58.9 Å². The summed E-state index contributed by atoms with van der Waals surface area (Å²) in [6.07, 6.45) is 1.06. The minimum Gasteiger partial charge on any atom is -0.395 e. The monoisotopic (exact) mass is 528 g/mol. The molecule has 1 saturated heterocycles. The van der Waals surface area contributed by atoms with Gasteiger partial charge in [0.1, 0.15) is 21.7 Å². The lowest BCUT2D eigenvalue weighted by molar-refractivity contribution is -0.0712. The standard InChI is InChI=1S/C20H25ClN6O3S3/c1-11-6-25-29-8-15(27(23)7-13(22)19-26-17(21)9-31-19)18(28-2)20(30-11)33-12-3-4-14-16(5-12)32-10-24-14/h3-5,7,9-11,15,18,20,25H,6,8,22-23H2,1-2H3/b13-7-/t11?,15-,18?,20?/m1/s1. The van der Waals surface area contributed by atoms with E-state index in [-0.39, 0.29) is 18.1 Å². The molecule has 4 rings (SSSR count). The fourth-order valence-electron chi connectivity index (χ4n) is 3.31. The molecule has 3 aromatic rings. The molecule has 4 atom stereocenters. The fraction of sp³-hybridized carbons (Fsp3) is 0.400. The second-order valence-electron chi connectivity index (χ2n) is 7.35. The number of nitrogens with two attached hydrogens (primary N) is 2. The second-order valence-corrected chi connectivity index (χ2v) is 10.7. The highest BCUT2D eigenvalue weighted by atomic mass is 35.5. The van der Waals surface area contributed by atoms with E-state index in [1.807, 2.05) is 24.6 Å². The van der Waals surface area contributed by atoms with E-state index in [0.29, 0.717) is 22.4 Å². The molecule has 0 spiro atoms. The van der Waals surface area contributed by atoms with Crippen LogP contribution in [0.5, 0.6) is 0 Å². The first-order valence-electron chi connectivity index (χ1n) is 10.1. The van der Waals surface area contributed by atoms with Crippen LogP contribution in [-0.2, 0) is 14.3 Å². The van der Waals surface area contributed by atoms with Crippen LogP contribution >= 0.6 is 46.0 Å². The van der Waals surface area contributed by atoms with Gasteiger partial charge >= 0.3 is 0 Å². The molecule has 3 unspecified atom stereocenters. The molecule has 3 heterocycles. The van der Waals surface area contributed by atoms with E-state index < -0.39 is 12.1 Å². The molecule has 2 aromatic heterocycles. The number of aromatic nitrogens is 2. The van der Waals surface area contributed by atoms with Gasteiger partial charge in [-0.1, -0.05) is 23.4 Å². The Morgan fingerprint density at radius 1 is 1.42 bits per heavy atom. The van der Waals surface area contributed by atoms with Gasteiger partial charge in [-0.05, 0) is 25.1 Å². The van der Waals surface area contributed by atoms with Gasteiger partial charge in [-0.3, -0.25) is 4.84 Å². The van der Waals surface area contributed by atoms with Gasteiger partial charge in [0.25, 0.3) is 0 Å². The number of benzene rings is 1. The smallest absolute Gasteiger partial charge is 0.142 e. The predicted octanol–water partition coefficient (Wildman–Crippen LogP) is 3.28. The number of halogens is 1. The number of thiazole rings is 2. The first-order valence-corrected chi connectivity index (χ1v) is 13.1. The van der Waals surface area contributed by atoms with E-state index in [4.69, 9.17) is 37.5 Å². The van der Waals surface area contributed by atoms with Crippen molar-refractivity contribution in [1.82, 2.24) is 20.5 Å². The Hall–Kier alpha value is -1.48. The van der Waals surface area contributed by atoms with Gasteiger partial charge in [0, 0.05) is 30.1 Å². The van der Waals surface area contributed by atoms with E-state index in [9.17, 15) is 0 Å². The molecule has 5 N–H and O–H groups in total. The third-order valence-corrected chi connectivity index (χ3v) is 8.11.